The summed E-state index contributed by atoms with van der Waals surface area (Å²) < 4.78 is 28.3. The van der Waals surface area contributed by atoms with E-state index in [1.54, 1.807) is 30.4 Å². The van der Waals surface area contributed by atoms with Crippen LogP contribution >= 0.6 is 0 Å². The molecule has 0 saturated heterocycles. The van der Waals surface area contributed by atoms with E-state index < -0.39 is 10.0 Å². The first-order chi connectivity index (χ1) is 11.9. The van der Waals surface area contributed by atoms with Crippen molar-refractivity contribution >= 4 is 21.6 Å². The number of aryl methyl sites for hydroxylation is 1. The van der Waals surface area contributed by atoms with Gasteiger partial charge in [0.15, 0.2) is 0 Å². The molecule has 0 N–H and O–H groups in total. The zero-order valence-electron chi connectivity index (χ0n) is 15.1. The van der Waals surface area contributed by atoms with Crippen LogP contribution in [0, 0.1) is 0 Å². The lowest BCUT2D eigenvalue weighted by molar-refractivity contribution is 0.0980. The molecule has 7 heteroatoms. The van der Waals surface area contributed by atoms with Crippen molar-refractivity contribution in [1.29, 1.82) is 0 Å². The molecular weight excluding hydrogens is 338 g/mol. The molecule has 0 fully saturated rings. The Labute approximate surface area is 149 Å². The molecule has 136 valence electrons. The third kappa shape index (κ3) is 3.77. The molecule has 1 heterocycles. The van der Waals surface area contributed by atoms with Gasteiger partial charge in [-0.05, 0) is 25.1 Å². The van der Waals surface area contributed by atoms with Crippen LogP contribution in [-0.2, 0) is 17.1 Å². The molecule has 1 aromatic carbocycles. The lowest BCUT2D eigenvalue weighted by Gasteiger charge is -2.21. The SMILES string of the molecule is CCN(C(=O)c1cc(S(=O)(=O)N(CC)CC)cn1C)c1ccccc1. The molecule has 0 aliphatic rings. The van der Waals surface area contributed by atoms with Gasteiger partial charge in [0.25, 0.3) is 5.91 Å². The molecule has 0 aliphatic carbocycles. The molecule has 0 unspecified atom stereocenters. The molecule has 0 saturated carbocycles. The number of hydrogen-bond acceptors (Lipinski definition) is 3. The van der Waals surface area contributed by atoms with Gasteiger partial charge in [-0.3, -0.25) is 4.79 Å². The monoisotopic (exact) mass is 363 g/mol. The van der Waals surface area contributed by atoms with E-state index >= 15 is 0 Å². The quantitative estimate of drug-likeness (QED) is 0.760. The lowest BCUT2D eigenvalue weighted by atomic mass is 10.2. The van der Waals surface area contributed by atoms with Gasteiger partial charge < -0.3 is 9.47 Å². The average Bonchev–Trinajstić information content (AvgIpc) is 3.00. The molecule has 1 amide bonds. The first-order valence-corrected chi connectivity index (χ1v) is 9.84. The number of aromatic nitrogens is 1. The lowest BCUT2D eigenvalue weighted by Crippen LogP contribution is -2.32. The van der Waals surface area contributed by atoms with E-state index in [0.29, 0.717) is 25.3 Å². The van der Waals surface area contributed by atoms with E-state index in [1.165, 1.54) is 16.6 Å². The fraction of sp³-hybridized carbons (Fsp3) is 0.389. The van der Waals surface area contributed by atoms with Crippen molar-refractivity contribution in [2.45, 2.75) is 25.7 Å². The molecule has 0 aliphatic heterocycles. The van der Waals surface area contributed by atoms with Crippen LogP contribution in [0.5, 0.6) is 0 Å². The molecule has 0 bridgehead atoms. The highest BCUT2D eigenvalue weighted by Gasteiger charge is 2.27. The number of nitrogens with zero attached hydrogens (tertiary/aromatic N) is 3. The highest BCUT2D eigenvalue weighted by molar-refractivity contribution is 7.89. The van der Waals surface area contributed by atoms with Crippen LogP contribution in [0.3, 0.4) is 0 Å². The largest absolute Gasteiger partial charge is 0.345 e. The summed E-state index contributed by atoms with van der Waals surface area (Å²) in [5, 5.41) is 0. The number of anilines is 1. The van der Waals surface area contributed by atoms with Gasteiger partial charge >= 0.3 is 0 Å². The topological polar surface area (TPSA) is 62.6 Å². The van der Waals surface area contributed by atoms with Crippen LogP contribution in [0.25, 0.3) is 0 Å². The standard InChI is InChI=1S/C18H25N3O3S/c1-5-20(6-2)25(23,24)16-13-17(19(4)14-16)18(22)21(7-3)15-11-9-8-10-12-15/h8-14H,5-7H2,1-4H3. The molecule has 6 nitrogen and oxygen atoms in total. The first kappa shape index (κ1) is 19.2. The summed E-state index contributed by atoms with van der Waals surface area (Å²) in [5.74, 6) is -0.225. The molecular formula is C18H25N3O3S. The average molecular weight is 363 g/mol. The molecule has 25 heavy (non-hydrogen) atoms. The molecule has 0 radical (unpaired) electrons. The Hall–Kier alpha value is -2.12. The Kier molecular flexibility index (Phi) is 6.02. The minimum atomic E-state index is -3.59. The smallest absolute Gasteiger partial charge is 0.274 e. The van der Waals surface area contributed by atoms with Crippen LogP contribution in [0.2, 0.25) is 0 Å². The third-order valence-electron chi connectivity index (χ3n) is 4.17. The van der Waals surface area contributed by atoms with Crippen molar-refractivity contribution in [3.05, 3.63) is 48.3 Å². The van der Waals surface area contributed by atoms with Gasteiger partial charge in [-0.25, -0.2) is 8.42 Å². The van der Waals surface area contributed by atoms with Crippen LogP contribution in [0.15, 0.2) is 47.5 Å². The zero-order valence-corrected chi connectivity index (χ0v) is 16.0. The van der Waals surface area contributed by atoms with Crippen molar-refractivity contribution in [3.8, 4) is 0 Å². The predicted molar refractivity (Wildman–Crippen MR) is 99.3 cm³/mol. The second-order valence-corrected chi connectivity index (χ2v) is 7.58. The van der Waals surface area contributed by atoms with Gasteiger partial charge in [0.1, 0.15) is 10.6 Å². The van der Waals surface area contributed by atoms with Gasteiger partial charge in [-0.15, -0.1) is 0 Å². The number of sulfonamides is 1. The molecule has 0 spiro atoms. The number of rotatable bonds is 7. The van der Waals surface area contributed by atoms with E-state index in [4.69, 9.17) is 0 Å². The van der Waals surface area contributed by atoms with Crippen LogP contribution in [-0.4, -0.2) is 42.8 Å². The maximum atomic E-state index is 12.9. The summed E-state index contributed by atoms with van der Waals surface area (Å²) >= 11 is 0. The maximum absolute atomic E-state index is 12.9. The van der Waals surface area contributed by atoms with E-state index in [9.17, 15) is 13.2 Å². The van der Waals surface area contributed by atoms with E-state index in [-0.39, 0.29) is 10.8 Å². The first-order valence-electron chi connectivity index (χ1n) is 8.40. The summed E-state index contributed by atoms with van der Waals surface area (Å²) in [5.41, 5.74) is 1.13. The van der Waals surface area contributed by atoms with Crippen LogP contribution < -0.4 is 4.90 Å². The minimum absolute atomic E-state index is 0.145. The predicted octanol–water partition coefficient (Wildman–Crippen LogP) is 2.72. The van der Waals surface area contributed by atoms with Gasteiger partial charge in [-0.1, -0.05) is 32.0 Å². The van der Waals surface area contributed by atoms with Gasteiger partial charge in [0.2, 0.25) is 10.0 Å². The fourth-order valence-electron chi connectivity index (χ4n) is 2.79. The number of carbonyl (C=O) groups excluding carboxylic acids is 1. The molecule has 0 atom stereocenters. The summed E-state index contributed by atoms with van der Waals surface area (Å²) in [6, 6.07) is 10.8. The number of amides is 1. The van der Waals surface area contributed by atoms with Gasteiger partial charge in [0, 0.05) is 38.6 Å². The number of benzene rings is 1. The summed E-state index contributed by atoms with van der Waals surface area (Å²) in [7, 11) is -1.90. The van der Waals surface area contributed by atoms with Gasteiger partial charge in [-0.2, -0.15) is 4.31 Å². The zero-order chi connectivity index (χ0) is 18.6. The van der Waals surface area contributed by atoms with E-state index in [1.807, 2.05) is 37.3 Å². The highest BCUT2D eigenvalue weighted by Crippen LogP contribution is 2.22. The van der Waals surface area contributed by atoms with Crippen molar-refractivity contribution < 1.29 is 13.2 Å². The third-order valence-corrected chi connectivity index (χ3v) is 6.19. The number of hydrogen-bond donors (Lipinski definition) is 0. The Morgan fingerprint density at radius 2 is 1.64 bits per heavy atom. The normalized spacial score (nSPS) is 11.7. The molecule has 1 aromatic heterocycles. The summed E-state index contributed by atoms with van der Waals surface area (Å²) in [6.45, 7) is 6.76. The number of para-hydroxylation sites is 1. The van der Waals surface area contributed by atoms with E-state index in [0.717, 1.165) is 5.69 Å². The Bertz CT molecular complexity index is 825. The second kappa shape index (κ2) is 7.84. The van der Waals surface area contributed by atoms with Crippen molar-refractivity contribution in [3.63, 3.8) is 0 Å². The molecule has 2 aromatic rings. The van der Waals surface area contributed by atoms with Gasteiger partial charge in [0.05, 0.1) is 0 Å². The van der Waals surface area contributed by atoms with Crippen molar-refractivity contribution in [2.75, 3.05) is 24.5 Å². The van der Waals surface area contributed by atoms with Crippen LogP contribution in [0.4, 0.5) is 5.69 Å². The Balaban J connectivity index is 2.41. The van der Waals surface area contributed by atoms with E-state index in [2.05, 4.69) is 0 Å². The second-order valence-electron chi connectivity index (χ2n) is 5.65. The Morgan fingerprint density at radius 3 is 2.16 bits per heavy atom. The summed E-state index contributed by atoms with van der Waals surface area (Å²) in [6.07, 6.45) is 1.50. The molecule has 2 rings (SSSR count). The Morgan fingerprint density at radius 1 is 1.04 bits per heavy atom. The van der Waals surface area contributed by atoms with Crippen molar-refractivity contribution in [1.82, 2.24) is 8.87 Å². The maximum Gasteiger partial charge on any atom is 0.274 e. The minimum Gasteiger partial charge on any atom is -0.345 e. The van der Waals surface area contributed by atoms with Crippen LogP contribution in [0.1, 0.15) is 31.3 Å². The summed E-state index contributed by atoms with van der Waals surface area (Å²) in [4.78, 5) is 14.7. The highest BCUT2D eigenvalue weighted by atomic mass is 32.2. The number of carbonyl (C=O) groups is 1. The fourth-order valence-corrected chi connectivity index (χ4v) is 4.32. The van der Waals surface area contributed by atoms with Crippen molar-refractivity contribution in [2.24, 2.45) is 7.05 Å².